The molecule has 2 aromatic carbocycles. The van der Waals surface area contributed by atoms with Gasteiger partial charge in [0, 0.05) is 11.1 Å². The quantitative estimate of drug-likeness (QED) is 0.657. The van der Waals surface area contributed by atoms with Crippen molar-refractivity contribution in [2.24, 2.45) is 5.84 Å². The van der Waals surface area contributed by atoms with Crippen LogP contribution in [0, 0.1) is 0 Å². The van der Waals surface area contributed by atoms with Crippen LogP contribution in [0.4, 0.5) is 0 Å². The molecule has 3 N–H and O–H groups in total. The Kier molecular flexibility index (Phi) is 4.84. The van der Waals surface area contributed by atoms with Crippen molar-refractivity contribution in [1.82, 2.24) is 5.43 Å². The lowest BCUT2D eigenvalue weighted by molar-refractivity contribution is 0.392. The van der Waals surface area contributed by atoms with E-state index in [0.717, 1.165) is 11.1 Å². The van der Waals surface area contributed by atoms with E-state index in [9.17, 15) is 0 Å². The molecule has 20 heavy (non-hydrogen) atoms. The lowest BCUT2D eigenvalue weighted by Gasteiger charge is -2.18. The van der Waals surface area contributed by atoms with Crippen molar-refractivity contribution in [3.63, 3.8) is 0 Å². The summed E-state index contributed by atoms with van der Waals surface area (Å²) in [6, 6.07) is 13.0. The zero-order chi connectivity index (χ0) is 14.5. The highest BCUT2D eigenvalue weighted by molar-refractivity contribution is 6.30. The van der Waals surface area contributed by atoms with Crippen LogP contribution in [0.25, 0.3) is 0 Å². The van der Waals surface area contributed by atoms with Gasteiger partial charge in [0.05, 0.1) is 20.3 Å². The number of rotatable bonds is 5. The van der Waals surface area contributed by atoms with Crippen molar-refractivity contribution in [3.05, 3.63) is 58.6 Å². The summed E-state index contributed by atoms with van der Waals surface area (Å²) in [5.41, 5.74) is 4.76. The van der Waals surface area contributed by atoms with E-state index in [0.29, 0.717) is 16.5 Å². The minimum Gasteiger partial charge on any atom is -0.497 e. The molecular formula is C15H17ClN2O2. The van der Waals surface area contributed by atoms with Crippen molar-refractivity contribution in [2.75, 3.05) is 14.2 Å². The minimum atomic E-state index is -0.170. The second-order valence-electron chi connectivity index (χ2n) is 4.30. The van der Waals surface area contributed by atoms with Crippen LogP contribution < -0.4 is 20.7 Å². The second kappa shape index (κ2) is 6.61. The third kappa shape index (κ3) is 3.22. The standard InChI is InChI=1S/C15H17ClN2O2/c1-19-13-7-11(8-14(9-13)20-2)15(18-17)10-3-5-12(16)6-4-10/h3-9,15,18H,17H2,1-2H3. The molecule has 5 heteroatoms. The van der Waals surface area contributed by atoms with Gasteiger partial charge in [-0.05, 0) is 35.4 Å². The predicted octanol–water partition coefficient (Wildman–Crippen LogP) is 2.91. The van der Waals surface area contributed by atoms with Gasteiger partial charge in [-0.2, -0.15) is 0 Å². The summed E-state index contributed by atoms with van der Waals surface area (Å²) in [4.78, 5) is 0. The molecule has 0 aliphatic heterocycles. The largest absolute Gasteiger partial charge is 0.497 e. The molecule has 0 aliphatic rings. The number of hydrogen-bond donors (Lipinski definition) is 2. The highest BCUT2D eigenvalue weighted by atomic mass is 35.5. The Hall–Kier alpha value is -1.75. The summed E-state index contributed by atoms with van der Waals surface area (Å²) in [7, 11) is 3.23. The molecule has 0 saturated heterocycles. The van der Waals surface area contributed by atoms with Gasteiger partial charge in [-0.15, -0.1) is 0 Å². The van der Waals surface area contributed by atoms with E-state index >= 15 is 0 Å². The van der Waals surface area contributed by atoms with Crippen molar-refractivity contribution < 1.29 is 9.47 Å². The number of nitrogens with two attached hydrogens (primary N) is 1. The average Bonchev–Trinajstić information content (AvgIpc) is 2.49. The SMILES string of the molecule is COc1cc(OC)cc(C(NN)c2ccc(Cl)cc2)c1. The predicted molar refractivity (Wildman–Crippen MR) is 80.2 cm³/mol. The molecule has 106 valence electrons. The summed E-state index contributed by atoms with van der Waals surface area (Å²) in [5, 5.41) is 0.688. The lowest BCUT2D eigenvalue weighted by Crippen LogP contribution is -2.28. The van der Waals surface area contributed by atoms with Crippen molar-refractivity contribution >= 4 is 11.6 Å². The Labute approximate surface area is 123 Å². The van der Waals surface area contributed by atoms with Crippen LogP contribution in [0.1, 0.15) is 17.2 Å². The Balaban J connectivity index is 2.42. The zero-order valence-electron chi connectivity index (χ0n) is 11.4. The third-order valence-electron chi connectivity index (χ3n) is 3.08. The van der Waals surface area contributed by atoms with Crippen LogP contribution in [-0.4, -0.2) is 14.2 Å². The minimum absolute atomic E-state index is 0.170. The van der Waals surface area contributed by atoms with Gasteiger partial charge >= 0.3 is 0 Å². The van der Waals surface area contributed by atoms with Gasteiger partial charge in [-0.25, -0.2) is 5.43 Å². The summed E-state index contributed by atoms with van der Waals surface area (Å²) in [6.45, 7) is 0. The molecule has 0 fully saturated rings. The first-order chi connectivity index (χ1) is 9.67. The molecule has 0 bridgehead atoms. The van der Waals surface area contributed by atoms with E-state index < -0.39 is 0 Å². The highest BCUT2D eigenvalue weighted by Gasteiger charge is 2.14. The first kappa shape index (κ1) is 14.7. The van der Waals surface area contributed by atoms with E-state index in [4.69, 9.17) is 26.9 Å². The Morgan fingerprint density at radius 3 is 1.95 bits per heavy atom. The fourth-order valence-corrected chi connectivity index (χ4v) is 2.16. The molecular weight excluding hydrogens is 276 g/mol. The van der Waals surface area contributed by atoms with E-state index in [1.165, 1.54) is 0 Å². The Bertz CT molecular complexity index is 550. The monoisotopic (exact) mass is 292 g/mol. The zero-order valence-corrected chi connectivity index (χ0v) is 12.1. The van der Waals surface area contributed by atoms with E-state index in [-0.39, 0.29) is 6.04 Å². The number of methoxy groups -OCH3 is 2. The van der Waals surface area contributed by atoms with Crippen LogP contribution in [0.5, 0.6) is 11.5 Å². The first-order valence-corrected chi connectivity index (χ1v) is 6.50. The fourth-order valence-electron chi connectivity index (χ4n) is 2.04. The van der Waals surface area contributed by atoms with Gasteiger partial charge in [0.25, 0.3) is 0 Å². The lowest BCUT2D eigenvalue weighted by atomic mass is 9.99. The van der Waals surface area contributed by atoms with Gasteiger partial charge in [-0.3, -0.25) is 5.84 Å². The number of nitrogens with one attached hydrogen (secondary N) is 1. The molecule has 1 unspecified atom stereocenters. The molecule has 0 heterocycles. The van der Waals surface area contributed by atoms with Crippen LogP contribution >= 0.6 is 11.6 Å². The number of ether oxygens (including phenoxy) is 2. The van der Waals surface area contributed by atoms with Gasteiger partial charge in [-0.1, -0.05) is 23.7 Å². The van der Waals surface area contributed by atoms with Crippen LogP contribution in [0.2, 0.25) is 5.02 Å². The van der Waals surface area contributed by atoms with Crippen LogP contribution in [0.3, 0.4) is 0 Å². The first-order valence-electron chi connectivity index (χ1n) is 6.12. The molecule has 0 aliphatic carbocycles. The normalized spacial score (nSPS) is 12.0. The summed E-state index contributed by atoms with van der Waals surface area (Å²) < 4.78 is 10.6. The van der Waals surface area contributed by atoms with Gasteiger partial charge in [0.2, 0.25) is 0 Å². The molecule has 2 rings (SSSR count). The van der Waals surface area contributed by atoms with Gasteiger partial charge < -0.3 is 9.47 Å². The molecule has 0 aromatic heterocycles. The second-order valence-corrected chi connectivity index (χ2v) is 4.73. The smallest absolute Gasteiger partial charge is 0.122 e. The van der Waals surface area contributed by atoms with E-state index in [1.54, 1.807) is 14.2 Å². The molecule has 4 nitrogen and oxygen atoms in total. The average molecular weight is 293 g/mol. The maximum Gasteiger partial charge on any atom is 0.122 e. The molecule has 0 amide bonds. The van der Waals surface area contributed by atoms with Crippen molar-refractivity contribution in [3.8, 4) is 11.5 Å². The maximum atomic E-state index is 5.91. The molecule has 0 saturated carbocycles. The molecule has 1 atom stereocenters. The van der Waals surface area contributed by atoms with Gasteiger partial charge in [0.15, 0.2) is 0 Å². The molecule has 0 radical (unpaired) electrons. The number of hydrazine groups is 1. The topological polar surface area (TPSA) is 56.5 Å². The van der Waals surface area contributed by atoms with Crippen LogP contribution in [0.15, 0.2) is 42.5 Å². The van der Waals surface area contributed by atoms with Crippen LogP contribution in [-0.2, 0) is 0 Å². The summed E-state index contributed by atoms with van der Waals surface area (Å²) >= 11 is 5.91. The van der Waals surface area contributed by atoms with Crippen molar-refractivity contribution in [1.29, 1.82) is 0 Å². The molecule has 0 spiro atoms. The van der Waals surface area contributed by atoms with E-state index in [1.807, 2.05) is 42.5 Å². The van der Waals surface area contributed by atoms with Gasteiger partial charge in [0.1, 0.15) is 11.5 Å². The third-order valence-corrected chi connectivity index (χ3v) is 3.33. The molecule has 2 aromatic rings. The maximum absolute atomic E-state index is 5.91. The number of hydrogen-bond acceptors (Lipinski definition) is 4. The fraction of sp³-hybridized carbons (Fsp3) is 0.200. The highest BCUT2D eigenvalue weighted by Crippen LogP contribution is 2.30. The Morgan fingerprint density at radius 1 is 0.950 bits per heavy atom. The number of benzene rings is 2. The number of halogens is 1. The summed E-state index contributed by atoms with van der Waals surface area (Å²) in [5.74, 6) is 7.13. The van der Waals surface area contributed by atoms with E-state index in [2.05, 4.69) is 5.43 Å². The van der Waals surface area contributed by atoms with Crippen molar-refractivity contribution in [2.45, 2.75) is 6.04 Å². The Morgan fingerprint density at radius 2 is 1.50 bits per heavy atom. The summed E-state index contributed by atoms with van der Waals surface area (Å²) in [6.07, 6.45) is 0.